The Hall–Kier alpha value is -0.0800. The van der Waals surface area contributed by atoms with Crippen LogP contribution in [0.3, 0.4) is 0 Å². The number of rotatable bonds is 5. The van der Waals surface area contributed by atoms with Gasteiger partial charge in [0.15, 0.2) is 0 Å². The Morgan fingerprint density at radius 2 is 1.69 bits per heavy atom. The second-order valence-electron chi connectivity index (χ2n) is 6.44. The van der Waals surface area contributed by atoms with Crippen LogP contribution >= 0.6 is 0 Å². The molecule has 96 valence electrons. The summed E-state index contributed by atoms with van der Waals surface area (Å²) >= 11 is 0. The largest absolute Gasteiger partial charge is 0.329 e. The molecule has 1 unspecified atom stereocenters. The van der Waals surface area contributed by atoms with E-state index >= 15 is 0 Å². The Morgan fingerprint density at radius 3 is 2.00 bits per heavy atom. The molecule has 2 nitrogen and oxygen atoms in total. The van der Waals surface area contributed by atoms with E-state index in [9.17, 15) is 0 Å². The third-order valence-corrected chi connectivity index (χ3v) is 4.93. The average Bonchev–Trinajstić information content (AvgIpc) is 2.14. The van der Waals surface area contributed by atoms with Crippen LogP contribution in [0.15, 0.2) is 0 Å². The van der Waals surface area contributed by atoms with E-state index in [-0.39, 0.29) is 0 Å². The van der Waals surface area contributed by atoms with Crippen LogP contribution in [0.25, 0.3) is 0 Å². The summed E-state index contributed by atoms with van der Waals surface area (Å²) in [5.41, 5.74) is 6.32. The molecule has 2 heteroatoms. The Balaban J connectivity index is 2.63. The molecule has 0 bridgehead atoms. The van der Waals surface area contributed by atoms with Crippen LogP contribution < -0.4 is 5.73 Å². The van der Waals surface area contributed by atoms with Gasteiger partial charge < -0.3 is 5.73 Å². The van der Waals surface area contributed by atoms with Crippen LogP contribution in [0.2, 0.25) is 0 Å². The molecule has 1 rings (SSSR count). The summed E-state index contributed by atoms with van der Waals surface area (Å²) in [7, 11) is 2.26. The van der Waals surface area contributed by atoms with Crippen molar-refractivity contribution in [2.24, 2.45) is 23.5 Å². The average molecular weight is 226 g/mol. The monoisotopic (exact) mass is 226 g/mol. The van der Waals surface area contributed by atoms with Crippen LogP contribution in [-0.4, -0.2) is 30.1 Å². The predicted molar refractivity (Wildman–Crippen MR) is 71.4 cm³/mol. The number of likely N-dealkylation sites (N-methyl/N-ethyl adjacent to an activating group) is 1. The molecular weight excluding hydrogens is 196 g/mol. The summed E-state index contributed by atoms with van der Waals surface area (Å²) in [5, 5.41) is 0. The molecule has 0 heterocycles. The minimum absolute atomic E-state index is 0.290. The number of nitrogens with two attached hydrogens (primary N) is 1. The maximum Gasteiger partial charge on any atom is 0.0337 e. The van der Waals surface area contributed by atoms with Gasteiger partial charge in [-0.2, -0.15) is 0 Å². The molecule has 1 atom stereocenters. The van der Waals surface area contributed by atoms with E-state index in [2.05, 4.69) is 46.6 Å². The summed E-state index contributed by atoms with van der Waals surface area (Å²) in [6, 6.07) is 0.622. The third-order valence-electron chi connectivity index (χ3n) is 4.93. The fraction of sp³-hybridized carbons (Fsp3) is 1.00. The molecule has 0 amide bonds. The molecule has 0 saturated heterocycles. The van der Waals surface area contributed by atoms with E-state index in [1.165, 1.54) is 12.8 Å². The fourth-order valence-electron chi connectivity index (χ4n) is 2.87. The summed E-state index contributed by atoms with van der Waals surface area (Å²) < 4.78 is 0. The van der Waals surface area contributed by atoms with Gasteiger partial charge in [0, 0.05) is 18.1 Å². The SMILES string of the molecule is CC(C)C1CC(CN)(N(C)C(C)C(C)C)C1. The van der Waals surface area contributed by atoms with Gasteiger partial charge in [-0.25, -0.2) is 0 Å². The molecule has 1 saturated carbocycles. The van der Waals surface area contributed by atoms with E-state index in [0.29, 0.717) is 17.5 Å². The maximum absolute atomic E-state index is 6.03. The van der Waals surface area contributed by atoms with Gasteiger partial charge in [-0.05, 0) is 44.6 Å². The molecule has 1 fully saturated rings. The van der Waals surface area contributed by atoms with Crippen molar-refractivity contribution in [2.45, 2.75) is 59.0 Å². The second-order valence-corrected chi connectivity index (χ2v) is 6.44. The highest BCUT2D eigenvalue weighted by molar-refractivity contribution is 5.04. The lowest BCUT2D eigenvalue weighted by atomic mass is 9.62. The van der Waals surface area contributed by atoms with Gasteiger partial charge in [-0.1, -0.05) is 27.7 Å². The second kappa shape index (κ2) is 5.05. The van der Waals surface area contributed by atoms with Crippen molar-refractivity contribution < 1.29 is 0 Å². The van der Waals surface area contributed by atoms with Crippen LogP contribution in [0.1, 0.15) is 47.5 Å². The first kappa shape index (κ1) is 14.0. The highest BCUT2D eigenvalue weighted by Gasteiger charge is 2.48. The normalized spacial score (nSPS) is 32.2. The van der Waals surface area contributed by atoms with Gasteiger partial charge in [0.25, 0.3) is 0 Å². The van der Waals surface area contributed by atoms with Crippen molar-refractivity contribution in [3.8, 4) is 0 Å². The third kappa shape index (κ3) is 2.43. The van der Waals surface area contributed by atoms with Crippen molar-refractivity contribution in [2.75, 3.05) is 13.6 Å². The summed E-state index contributed by atoms with van der Waals surface area (Å²) in [6.07, 6.45) is 2.57. The van der Waals surface area contributed by atoms with Crippen molar-refractivity contribution in [3.05, 3.63) is 0 Å². The van der Waals surface area contributed by atoms with Gasteiger partial charge in [0.1, 0.15) is 0 Å². The molecule has 0 aromatic rings. The van der Waals surface area contributed by atoms with Crippen molar-refractivity contribution in [3.63, 3.8) is 0 Å². The van der Waals surface area contributed by atoms with Gasteiger partial charge >= 0.3 is 0 Å². The van der Waals surface area contributed by atoms with Gasteiger partial charge in [0.2, 0.25) is 0 Å². The van der Waals surface area contributed by atoms with E-state index in [0.717, 1.165) is 18.4 Å². The molecule has 1 aliphatic carbocycles. The molecule has 0 aliphatic heterocycles. The van der Waals surface area contributed by atoms with Crippen LogP contribution in [0.4, 0.5) is 0 Å². The number of nitrogens with zero attached hydrogens (tertiary/aromatic N) is 1. The van der Waals surface area contributed by atoms with Crippen LogP contribution in [0.5, 0.6) is 0 Å². The molecule has 16 heavy (non-hydrogen) atoms. The Labute approximate surface area is 102 Å². The van der Waals surface area contributed by atoms with E-state index in [4.69, 9.17) is 5.73 Å². The molecule has 0 radical (unpaired) electrons. The maximum atomic E-state index is 6.03. The zero-order valence-corrected chi connectivity index (χ0v) is 12.0. The van der Waals surface area contributed by atoms with Crippen molar-refractivity contribution in [1.82, 2.24) is 4.90 Å². The lowest BCUT2D eigenvalue weighted by Gasteiger charge is -2.56. The Bertz CT molecular complexity index is 217. The van der Waals surface area contributed by atoms with E-state index in [1.54, 1.807) is 0 Å². The summed E-state index contributed by atoms with van der Waals surface area (Å²) in [4.78, 5) is 2.54. The van der Waals surface area contributed by atoms with Gasteiger partial charge in [-0.15, -0.1) is 0 Å². The first-order valence-corrected chi connectivity index (χ1v) is 6.77. The highest BCUT2D eigenvalue weighted by Crippen LogP contribution is 2.46. The molecule has 1 aliphatic rings. The molecule has 0 spiro atoms. The topological polar surface area (TPSA) is 29.3 Å². The summed E-state index contributed by atoms with van der Waals surface area (Å²) in [6.45, 7) is 12.4. The Morgan fingerprint density at radius 1 is 1.19 bits per heavy atom. The van der Waals surface area contributed by atoms with Crippen LogP contribution in [0, 0.1) is 17.8 Å². The lowest BCUT2D eigenvalue weighted by molar-refractivity contribution is -0.0485. The van der Waals surface area contributed by atoms with E-state index < -0.39 is 0 Å². The molecular formula is C14H30N2. The fourth-order valence-corrected chi connectivity index (χ4v) is 2.87. The molecule has 0 aromatic carbocycles. The van der Waals surface area contributed by atoms with Crippen molar-refractivity contribution in [1.29, 1.82) is 0 Å². The number of hydrogen-bond acceptors (Lipinski definition) is 2. The highest BCUT2D eigenvalue weighted by atomic mass is 15.2. The summed E-state index contributed by atoms with van der Waals surface area (Å²) in [5.74, 6) is 2.39. The Kier molecular flexibility index (Phi) is 4.42. The molecule has 0 aromatic heterocycles. The van der Waals surface area contributed by atoms with Gasteiger partial charge in [0.05, 0.1) is 0 Å². The van der Waals surface area contributed by atoms with E-state index in [1.807, 2.05) is 0 Å². The zero-order valence-electron chi connectivity index (χ0n) is 12.0. The predicted octanol–water partition coefficient (Wildman–Crippen LogP) is 2.73. The van der Waals surface area contributed by atoms with Crippen LogP contribution in [-0.2, 0) is 0 Å². The van der Waals surface area contributed by atoms with Crippen molar-refractivity contribution >= 4 is 0 Å². The standard InChI is InChI=1S/C14H30N2/c1-10(2)12(5)16(6)14(9-15)7-13(8-14)11(3)4/h10-13H,7-9,15H2,1-6H3. The zero-order chi connectivity index (χ0) is 12.5. The minimum Gasteiger partial charge on any atom is -0.329 e. The first-order valence-electron chi connectivity index (χ1n) is 6.77. The first-order chi connectivity index (χ1) is 7.34. The smallest absolute Gasteiger partial charge is 0.0337 e. The number of hydrogen-bond donors (Lipinski definition) is 1. The van der Waals surface area contributed by atoms with Gasteiger partial charge in [-0.3, -0.25) is 4.90 Å². The minimum atomic E-state index is 0.290. The molecule has 2 N–H and O–H groups in total. The quantitative estimate of drug-likeness (QED) is 0.781. The lowest BCUT2D eigenvalue weighted by Crippen LogP contribution is -2.64.